The monoisotopic (exact) mass is 271 g/mol. The molecule has 1 fully saturated rings. The molecule has 2 nitrogen and oxygen atoms in total. The zero-order valence-electron chi connectivity index (χ0n) is 10.7. The van der Waals surface area contributed by atoms with E-state index in [0.29, 0.717) is 25.9 Å². The number of carbonyl (C=O) groups is 1. The molecule has 0 aliphatic carbocycles. The molecule has 1 saturated heterocycles. The summed E-state index contributed by atoms with van der Waals surface area (Å²) in [5.41, 5.74) is 0.222. The van der Waals surface area contributed by atoms with Gasteiger partial charge in [0.2, 0.25) is 0 Å². The lowest BCUT2D eigenvalue weighted by Gasteiger charge is -2.32. The van der Waals surface area contributed by atoms with E-state index in [-0.39, 0.29) is 11.8 Å². The lowest BCUT2D eigenvalue weighted by Crippen LogP contribution is -2.35. The normalized spacial score (nSPS) is 19.5. The van der Waals surface area contributed by atoms with Crippen molar-refractivity contribution in [2.24, 2.45) is 0 Å². The molecule has 0 spiro atoms. The second kappa shape index (κ2) is 5.33. The van der Waals surface area contributed by atoms with Crippen LogP contribution in [0.3, 0.4) is 0 Å². The molecule has 0 saturated carbocycles. The Morgan fingerprint density at radius 1 is 1.11 bits per heavy atom. The number of ketones is 1. The minimum absolute atomic E-state index is 0.0374. The summed E-state index contributed by atoms with van der Waals surface area (Å²) in [6.07, 6.45) is -3.23. The van der Waals surface area contributed by atoms with E-state index in [9.17, 15) is 18.0 Å². The fraction of sp³-hybridized carbons (Fsp3) is 0.500. The van der Waals surface area contributed by atoms with E-state index in [0.717, 1.165) is 17.7 Å². The quantitative estimate of drug-likeness (QED) is 0.821. The molecule has 1 aliphatic rings. The Morgan fingerprint density at radius 3 is 2.11 bits per heavy atom. The Morgan fingerprint density at radius 2 is 1.63 bits per heavy atom. The molecular weight excluding hydrogens is 255 g/mol. The van der Waals surface area contributed by atoms with Gasteiger partial charge < -0.3 is 0 Å². The summed E-state index contributed by atoms with van der Waals surface area (Å²) in [4.78, 5) is 13.3. The number of rotatable bonds is 2. The molecule has 1 aromatic carbocycles. The largest absolute Gasteiger partial charge is 0.416 e. The average molecular weight is 271 g/mol. The van der Waals surface area contributed by atoms with E-state index in [2.05, 4.69) is 4.90 Å². The zero-order chi connectivity index (χ0) is 14.0. The van der Waals surface area contributed by atoms with Gasteiger partial charge >= 0.3 is 6.18 Å². The third kappa shape index (κ3) is 3.35. The molecule has 0 radical (unpaired) electrons. The van der Waals surface area contributed by atoms with E-state index in [4.69, 9.17) is 0 Å². The predicted molar refractivity (Wildman–Crippen MR) is 65.7 cm³/mol. The smallest absolute Gasteiger partial charge is 0.300 e. The lowest BCUT2D eigenvalue weighted by molar-refractivity contribution is -0.137. The number of benzene rings is 1. The molecule has 104 valence electrons. The molecule has 0 amide bonds. The van der Waals surface area contributed by atoms with Gasteiger partial charge in [-0.25, -0.2) is 0 Å². The SMILES string of the molecule is CC(c1ccc(C(F)(F)F)cc1)N1CCC(=O)CC1. The topological polar surface area (TPSA) is 20.3 Å². The number of alkyl halides is 3. The van der Waals surface area contributed by atoms with Crippen molar-refractivity contribution in [2.75, 3.05) is 13.1 Å². The first-order valence-corrected chi connectivity index (χ1v) is 6.31. The third-order valence-electron chi connectivity index (χ3n) is 3.62. The highest BCUT2D eigenvalue weighted by molar-refractivity contribution is 5.79. The molecule has 0 bridgehead atoms. The standard InChI is InChI=1S/C14H16F3NO/c1-10(18-8-6-13(19)7-9-18)11-2-4-12(5-3-11)14(15,16)17/h2-5,10H,6-9H2,1H3. The Labute approximate surface area is 110 Å². The third-order valence-corrected chi connectivity index (χ3v) is 3.62. The van der Waals surface area contributed by atoms with Gasteiger partial charge in [-0.15, -0.1) is 0 Å². The van der Waals surface area contributed by atoms with Crippen molar-refractivity contribution in [2.45, 2.75) is 32.0 Å². The van der Waals surface area contributed by atoms with Gasteiger partial charge in [0, 0.05) is 32.0 Å². The van der Waals surface area contributed by atoms with Crippen molar-refractivity contribution < 1.29 is 18.0 Å². The van der Waals surface area contributed by atoms with Crippen molar-refractivity contribution in [1.29, 1.82) is 0 Å². The van der Waals surface area contributed by atoms with Crippen LogP contribution in [0.1, 0.15) is 36.9 Å². The first-order valence-electron chi connectivity index (χ1n) is 6.31. The van der Waals surface area contributed by atoms with Gasteiger partial charge in [-0.2, -0.15) is 13.2 Å². The van der Waals surface area contributed by atoms with Gasteiger partial charge in [0.1, 0.15) is 5.78 Å². The summed E-state index contributed by atoms with van der Waals surface area (Å²) >= 11 is 0. The Balaban J connectivity index is 2.07. The van der Waals surface area contributed by atoms with Crippen LogP contribution in [0.25, 0.3) is 0 Å². The lowest BCUT2D eigenvalue weighted by atomic mass is 10.0. The van der Waals surface area contributed by atoms with Crippen molar-refractivity contribution >= 4 is 5.78 Å². The van der Waals surface area contributed by atoms with Crippen molar-refractivity contribution in [3.63, 3.8) is 0 Å². The maximum Gasteiger partial charge on any atom is 0.416 e. The van der Waals surface area contributed by atoms with Gasteiger partial charge in [-0.3, -0.25) is 9.69 Å². The highest BCUT2D eigenvalue weighted by Gasteiger charge is 2.30. The van der Waals surface area contributed by atoms with Crippen LogP contribution in [0.4, 0.5) is 13.2 Å². The molecule has 5 heteroatoms. The molecule has 1 heterocycles. The van der Waals surface area contributed by atoms with Crippen LogP contribution in [0.5, 0.6) is 0 Å². The van der Waals surface area contributed by atoms with Gasteiger partial charge in [0.25, 0.3) is 0 Å². The number of hydrogen-bond acceptors (Lipinski definition) is 2. The first kappa shape index (κ1) is 14.1. The predicted octanol–water partition coefficient (Wildman–Crippen LogP) is 3.43. The number of halogens is 3. The Kier molecular flexibility index (Phi) is 3.94. The van der Waals surface area contributed by atoms with Crippen LogP contribution in [0, 0.1) is 0 Å². The maximum atomic E-state index is 12.5. The summed E-state index contributed by atoms with van der Waals surface area (Å²) < 4.78 is 37.4. The number of likely N-dealkylation sites (tertiary alicyclic amines) is 1. The minimum Gasteiger partial charge on any atom is -0.300 e. The Hall–Kier alpha value is -1.36. The highest BCUT2D eigenvalue weighted by Crippen LogP contribution is 2.31. The van der Waals surface area contributed by atoms with E-state index < -0.39 is 11.7 Å². The zero-order valence-corrected chi connectivity index (χ0v) is 10.7. The minimum atomic E-state index is -4.29. The number of nitrogens with zero attached hydrogens (tertiary/aromatic N) is 1. The van der Waals surface area contributed by atoms with E-state index in [1.54, 1.807) is 0 Å². The van der Waals surface area contributed by atoms with Crippen LogP contribution in [-0.4, -0.2) is 23.8 Å². The van der Waals surface area contributed by atoms with E-state index >= 15 is 0 Å². The molecular formula is C14H16F3NO. The van der Waals surface area contributed by atoms with Crippen LogP contribution in [0.15, 0.2) is 24.3 Å². The number of Topliss-reactive ketones (excluding diaryl/α,β-unsaturated/α-hetero) is 1. The summed E-state index contributed by atoms with van der Waals surface area (Å²) in [5, 5.41) is 0. The number of carbonyl (C=O) groups excluding carboxylic acids is 1. The summed E-state index contributed by atoms with van der Waals surface area (Å²) in [7, 11) is 0. The number of piperidine rings is 1. The van der Waals surface area contributed by atoms with Crippen molar-refractivity contribution in [3.8, 4) is 0 Å². The van der Waals surface area contributed by atoms with Crippen LogP contribution >= 0.6 is 0 Å². The van der Waals surface area contributed by atoms with Gasteiger partial charge in [-0.05, 0) is 24.6 Å². The molecule has 0 aromatic heterocycles. The summed E-state index contributed by atoms with van der Waals surface area (Å²) in [6.45, 7) is 3.32. The van der Waals surface area contributed by atoms with Crippen LogP contribution in [-0.2, 0) is 11.0 Å². The fourth-order valence-electron chi connectivity index (χ4n) is 2.32. The van der Waals surface area contributed by atoms with Crippen molar-refractivity contribution in [1.82, 2.24) is 4.90 Å². The second-order valence-electron chi connectivity index (χ2n) is 4.87. The van der Waals surface area contributed by atoms with Gasteiger partial charge in [0.05, 0.1) is 5.56 Å². The number of hydrogen-bond donors (Lipinski definition) is 0. The fourth-order valence-corrected chi connectivity index (χ4v) is 2.32. The summed E-state index contributed by atoms with van der Waals surface area (Å²) in [5.74, 6) is 0.260. The molecule has 1 atom stereocenters. The summed E-state index contributed by atoms with van der Waals surface area (Å²) in [6, 6.07) is 5.30. The van der Waals surface area contributed by atoms with E-state index in [1.165, 1.54) is 12.1 Å². The first-order chi connectivity index (χ1) is 8.88. The Bertz CT molecular complexity index is 443. The molecule has 1 aromatic rings. The van der Waals surface area contributed by atoms with Gasteiger partial charge in [0.15, 0.2) is 0 Å². The van der Waals surface area contributed by atoms with Crippen molar-refractivity contribution in [3.05, 3.63) is 35.4 Å². The second-order valence-corrected chi connectivity index (χ2v) is 4.87. The molecule has 1 unspecified atom stereocenters. The maximum absolute atomic E-state index is 12.5. The molecule has 2 rings (SSSR count). The van der Waals surface area contributed by atoms with Crippen LogP contribution < -0.4 is 0 Å². The van der Waals surface area contributed by atoms with Gasteiger partial charge in [-0.1, -0.05) is 12.1 Å². The average Bonchev–Trinajstić information content (AvgIpc) is 2.38. The van der Waals surface area contributed by atoms with Crippen LogP contribution in [0.2, 0.25) is 0 Å². The molecule has 19 heavy (non-hydrogen) atoms. The molecule has 0 N–H and O–H groups in total. The highest BCUT2D eigenvalue weighted by atomic mass is 19.4. The molecule has 1 aliphatic heterocycles. The van der Waals surface area contributed by atoms with E-state index in [1.807, 2.05) is 6.92 Å².